The van der Waals surface area contributed by atoms with Gasteiger partial charge in [0.25, 0.3) is 0 Å². The highest BCUT2D eigenvalue weighted by Gasteiger charge is 2.17. The van der Waals surface area contributed by atoms with E-state index in [2.05, 4.69) is 4.98 Å². The molecule has 1 aromatic heterocycles. The van der Waals surface area contributed by atoms with E-state index in [0.717, 1.165) is 5.02 Å². The molecule has 1 aromatic carbocycles. The molecule has 2 atom stereocenters. The topological polar surface area (TPSA) is 38.9 Å². The normalized spacial score (nSPS) is 14.2. The molecule has 2 N–H and O–H groups in total. The Balaban J connectivity index is 2.21. The van der Waals surface area contributed by atoms with Crippen molar-refractivity contribution in [1.82, 2.24) is 4.98 Å². The van der Waals surface area contributed by atoms with Crippen molar-refractivity contribution in [2.75, 3.05) is 0 Å². The summed E-state index contributed by atoms with van der Waals surface area (Å²) >= 11 is 7.66. The highest BCUT2D eigenvalue weighted by molar-refractivity contribution is 7.99. The third-order valence-corrected chi connectivity index (χ3v) is 4.34. The van der Waals surface area contributed by atoms with Crippen molar-refractivity contribution < 1.29 is 0 Å². The first-order valence-electron chi connectivity index (χ1n) is 5.74. The minimum absolute atomic E-state index is 0.0596. The van der Waals surface area contributed by atoms with Gasteiger partial charge in [0.1, 0.15) is 0 Å². The average molecular weight is 279 g/mol. The number of benzene rings is 1. The number of nitrogens with zero attached hydrogens (tertiary/aromatic N) is 1. The number of pyridine rings is 1. The van der Waals surface area contributed by atoms with Crippen molar-refractivity contribution in [1.29, 1.82) is 0 Å². The van der Waals surface area contributed by atoms with Crippen molar-refractivity contribution in [3.63, 3.8) is 0 Å². The van der Waals surface area contributed by atoms with E-state index in [1.807, 2.05) is 43.3 Å². The molecule has 0 saturated carbocycles. The number of hydrogen-bond donors (Lipinski definition) is 1. The molecule has 2 nitrogen and oxygen atoms in total. The quantitative estimate of drug-likeness (QED) is 0.862. The molecule has 2 unspecified atom stereocenters. The lowest BCUT2D eigenvalue weighted by atomic mass is 10.1. The van der Waals surface area contributed by atoms with Crippen LogP contribution in [0.4, 0.5) is 0 Å². The van der Waals surface area contributed by atoms with Crippen molar-refractivity contribution in [3.8, 4) is 0 Å². The fraction of sp³-hybridized carbons (Fsp3) is 0.214. The minimum Gasteiger partial charge on any atom is -0.327 e. The fourth-order valence-electron chi connectivity index (χ4n) is 1.69. The molecule has 0 saturated heterocycles. The van der Waals surface area contributed by atoms with Gasteiger partial charge in [0.2, 0.25) is 0 Å². The van der Waals surface area contributed by atoms with Gasteiger partial charge in [-0.25, -0.2) is 0 Å². The molecular formula is C14H15ClN2S. The third-order valence-electron chi connectivity index (χ3n) is 2.59. The summed E-state index contributed by atoms with van der Waals surface area (Å²) in [5.41, 5.74) is 7.28. The first-order chi connectivity index (χ1) is 8.66. The van der Waals surface area contributed by atoms with Crippen molar-refractivity contribution in [2.24, 2.45) is 5.73 Å². The first kappa shape index (κ1) is 13.4. The summed E-state index contributed by atoms with van der Waals surface area (Å²) in [6.07, 6.45) is 3.59. The van der Waals surface area contributed by atoms with Gasteiger partial charge < -0.3 is 5.73 Å². The predicted octanol–water partition coefficient (Wildman–Crippen LogP) is 3.92. The van der Waals surface area contributed by atoms with Gasteiger partial charge in [0.15, 0.2) is 0 Å². The number of aromatic nitrogens is 1. The molecule has 94 valence electrons. The largest absolute Gasteiger partial charge is 0.327 e. The highest BCUT2D eigenvalue weighted by atomic mass is 35.5. The number of hydrogen-bond acceptors (Lipinski definition) is 3. The zero-order valence-corrected chi connectivity index (χ0v) is 11.7. The molecule has 0 bridgehead atoms. The molecular weight excluding hydrogens is 264 g/mol. The Bertz CT molecular complexity index is 485. The monoisotopic (exact) mass is 278 g/mol. The fourth-order valence-corrected chi connectivity index (χ4v) is 2.90. The van der Waals surface area contributed by atoms with E-state index >= 15 is 0 Å². The number of halogens is 1. The molecule has 0 aliphatic carbocycles. The zero-order chi connectivity index (χ0) is 13.0. The number of thioether (sulfide) groups is 1. The molecule has 0 fully saturated rings. The first-order valence-corrected chi connectivity index (χ1v) is 7.00. The molecule has 18 heavy (non-hydrogen) atoms. The molecule has 0 aliphatic rings. The lowest BCUT2D eigenvalue weighted by Crippen LogP contribution is -2.22. The summed E-state index contributed by atoms with van der Waals surface area (Å²) in [5.74, 6) is 0. The van der Waals surface area contributed by atoms with Crippen molar-refractivity contribution in [2.45, 2.75) is 23.1 Å². The number of nitrogens with two attached hydrogens (primary N) is 1. The van der Waals surface area contributed by atoms with E-state index in [-0.39, 0.29) is 11.3 Å². The van der Waals surface area contributed by atoms with Crippen LogP contribution in [-0.4, -0.2) is 11.0 Å². The van der Waals surface area contributed by atoms with Crippen LogP contribution in [0.25, 0.3) is 0 Å². The highest BCUT2D eigenvalue weighted by Crippen LogP contribution is 2.37. The smallest absolute Gasteiger partial charge is 0.0492 e. The Hall–Kier alpha value is -1.03. The van der Waals surface area contributed by atoms with Gasteiger partial charge in [-0.15, -0.1) is 11.8 Å². The summed E-state index contributed by atoms with van der Waals surface area (Å²) in [6.45, 7) is 2.02. The Morgan fingerprint density at radius 1 is 1.11 bits per heavy atom. The van der Waals surface area contributed by atoms with Crippen LogP contribution in [0.1, 0.15) is 17.7 Å². The summed E-state index contributed by atoms with van der Waals surface area (Å²) in [7, 11) is 0. The summed E-state index contributed by atoms with van der Waals surface area (Å²) < 4.78 is 0. The van der Waals surface area contributed by atoms with E-state index < -0.39 is 0 Å². The maximum Gasteiger partial charge on any atom is 0.0492 e. The summed E-state index contributed by atoms with van der Waals surface area (Å²) in [6, 6.07) is 11.9. The van der Waals surface area contributed by atoms with Gasteiger partial charge in [-0.1, -0.05) is 23.7 Å². The van der Waals surface area contributed by atoms with Crippen LogP contribution in [-0.2, 0) is 0 Å². The SMILES string of the molecule is CC(N)C(Sc1ccncc1)c1ccc(Cl)cc1. The van der Waals surface area contributed by atoms with E-state index in [4.69, 9.17) is 17.3 Å². The van der Waals surface area contributed by atoms with Gasteiger partial charge >= 0.3 is 0 Å². The lowest BCUT2D eigenvalue weighted by Gasteiger charge is -2.20. The number of rotatable bonds is 4. The van der Waals surface area contributed by atoms with Crippen LogP contribution in [0, 0.1) is 0 Å². The molecule has 2 rings (SSSR count). The van der Waals surface area contributed by atoms with E-state index in [9.17, 15) is 0 Å². The Morgan fingerprint density at radius 3 is 2.28 bits per heavy atom. The molecule has 0 amide bonds. The van der Waals surface area contributed by atoms with E-state index in [1.165, 1.54) is 10.5 Å². The van der Waals surface area contributed by atoms with Gasteiger partial charge in [-0.2, -0.15) is 0 Å². The Kier molecular flexibility index (Phi) is 4.64. The molecule has 4 heteroatoms. The van der Waals surface area contributed by atoms with E-state index in [1.54, 1.807) is 24.2 Å². The maximum atomic E-state index is 6.09. The second-order valence-electron chi connectivity index (χ2n) is 4.13. The second-order valence-corrected chi connectivity index (χ2v) is 5.78. The molecule has 0 radical (unpaired) electrons. The predicted molar refractivity (Wildman–Crippen MR) is 77.9 cm³/mol. The average Bonchev–Trinajstić information content (AvgIpc) is 2.38. The lowest BCUT2D eigenvalue weighted by molar-refractivity contribution is 0.721. The van der Waals surface area contributed by atoms with Gasteiger partial charge in [-0.05, 0) is 36.8 Å². The van der Waals surface area contributed by atoms with Crippen molar-refractivity contribution in [3.05, 3.63) is 59.4 Å². The van der Waals surface area contributed by atoms with Crippen LogP contribution in [0.2, 0.25) is 5.02 Å². The van der Waals surface area contributed by atoms with Gasteiger partial charge in [-0.3, -0.25) is 4.98 Å². The molecule has 1 heterocycles. The van der Waals surface area contributed by atoms with Crippen LogP contribution < -0.4 is 5.73 Å². The minimum atomic E-state index is 0.0596. The zero-order valence-electron chi connectivity index (χ0n) is 10.1. The molecule has 2 aromatic rings. The van der Waals surface area contributed by atoms with Crippen molar-refractivity contribution >= 4 is 23.4 Å². The van der Waals surface area contributed by atoms with Gasteiger partial charge in [0.05, 0.1) is 0 Å². The molecule has 0 spiro atoms. The third kappa shape index (κ3) is 3.48. The van der Waals surface area contributed by atoms with Crippen LogP contribution in [0.5, 0.6) is 0 Å². The van der Waals surface area contributed by atoms with Gasteiger partial charge in [0, 0.05) is 33.6 Å². The van der Waals surface area contributed by atoms with E-state index in [0.29, 0.717) is 0 Å². The molecule has 0 aliphatic heterocycles. The van der Waals surface area contributed by atoms with Crippen LogP contribution >= 0.6 is 23.4 Å². The van der Waals surface area contributed by atoms with Crippen LogP contribution in [0.15, 0.2) is 53.7 Å². The summed E-state index contributed by atoms with van der Waals surface area (Å²) in [5, 5.41) is 0.959. The van der Waals surface area contributed by atoms with Crippen LogP contribution in [0.3, 0.4) is 0 Å². The Morgan fingerprint density at radius 2 is 1.72 bits per heavy atom. The standard InChI is InChI=1S/C14H15ClN2S/c1-10(16)14(11-2-4-12(15)5-3-11)18-13-6-8-17-9-7-13/h2-10,14H,16H2,1H3. The maximum absolute atomic E-state index is 6.09. The Labute approximate surface area is 117 Å². The summed E-state index contributed by atoms with van der Waals surface area (Å²) in [4.78, 5) is 5.19. The second kappa shape index (κ2) is 6.23.